The molecule has 3 aliphatic carbocycles. The standard InChI is InChI=1S/C47H78N2O15/c1-23(51)48-34-38(56)36(54)28(21-50)59-41(34)63-44(5,6)32-16-18-46(8)30-13-12-26(47(30,9)20-27(53)40(46)62-32)25-11-14-33-45(7,19-25)17-15-31(61-33)43(3,4)64-42-35(49-24(2)52)39(57)37(55)29(60-42)22-58-10/h19,26-42,50,53-57H,11-18,20-22H2,1-10H3,(H,48,51)(H,49,52)/t26-,27-,28+,29-,30-,31-,32-,33-,34-,35+,36-,37-,38+,39+,40-,41-,42+,45+,46-,47+/m0/s1. The molecule has 17 heteroatoms. The van der Waals surface area contributed by atoms with E-state index >= 15 is 0 Å². The molecule has 2 amide bonds. The summed E-state index contributed by atoms with van der Waals surface area (Å²) in [7, 11) is 1.48. The molecule has 2 saturated carbocycles. The van der Waals surface area contributed by atoms with E-state index in [4.69, 9.17) is 33.2 Å². The number of aliphatic hydroxyl groups is 6. The van der Waals surface area contributed by atoms with Gasteiger partial charge in [-0.3, -0.25) is 9.59 Å². The molecule has 0 spiro atoms. The van der Waals surface area contributed by atoms with Gasteiger partial charge in [0.1, 0.15) is 48.7 Å². The summed E-state index contributed by atoms with van der Waals surface area (Å²) in [5.74, 6) is -0.216. The quantitative estimate of drug-likeness (QED) is 0.130. The highest BCUT2D eigenvalue weighted by Crippen LogP contribution is 2.67. The second-order valence-corrected chi connectivity index (χ2v) is 22.0. The predicted molar refractivity (Wildman–Crippen MR) is 230 cm³/mol. The molecule has 17 nitrogen and oxygen atoms in total. The number of hydrogen-bond donors (Lipinski definition) is 8. The van der Waals surface area contributed by atoms with Crippen molar-refractivity contribution >= 4 is 11.8 Å². The van der Waals surface area contributed by atoms with E-state index in [9.17, 15) is 40.2 Å². The third-order valence-electron chi connectivity index (χ3n) is 16.7. The van der Waals surface area contributed by atoms with Crippen LogP contribution in [-0.2, 0) is 42.7 Å². The summed E-state index contributed by atoms with van der Waals surface area (Å²) in [6.45, 7) is 16.7. The number of amides is 2. The fourth-order valence-corrected chi connectivity index (χ4v) is 13.4. The number of nitrogens with one attached hydrogen (secondary N) is 2. The molecule has 0 aromatic rings. The number of rotatable bonds is 12. The van der Waals surface area contributed by atoms with Gasteiger partial charge >= 0.3 is 0 Å². The van der Waals surface area contributed by atoms with Gasteiger partial charge < -0.3 is 74.4 Å². The van der Waals surface area contributed by atoms with E-state index in [0.717, 1.165) is 38.5 Å². The average Bonchev–Trinajstić information content (AvgIpc) is 3.57. The van der Waals surface area contributed by atoms with E-state index in [0.29, 0.717) is 31.1 Å². The lowest BCUT2D eigenvalue weighted by Gasteiger charge is -2.61. The lowest BCUT2D eigenvalue weighted by Crippen LogP contribution is -2.67. The van der Waals surface area contributed by atoms with E-state index in [1.807, 2.05) is 27.7 Å². The molecular weight excluding hydrogens is 833 g/mol. The Bertz CT molecular complexity index is 1710. The molecule has 64 heavy (non-hydrogen) atoms. The van der Waals surface area contributed by atoms with Crippen molar-refractivity contribution in [1.29, 1.82) is 0 Å². The van der Waals surface area contributed by atoms with Crippen LogP contribution in [0, 0.1) is 28.1 Å². The Kier molecular flexibility index (Phi) is 14.5. The van der Waals surface area contributed by atoms with Crippen LogP contribution in [0.4, 0.5) is 0 Å². The van der Waals surface area contributed by atoms with Crippen LogP contribution in [0.25, 0.3) is 0 Å². The molecule has 0 radical (unpaired) electrons. The van der Waals surface area contributed by atoms with E-state index < -0.39 is 103 Å². The summed E-state index contributed by atoms with van der Waals surface area (Å²) in [6.07, 6.45) is -1.75. The first-order valence-electron chi connectivity index (χ1n) is 23.6. The molecule has 6 fully saturated rings. The third-order valence-corrected chi connectivity index (χ3v) is 16.7. The largest absolute Gasteiger partial charge is 0.394 e. The van der Waals surface area contributed by atoms with Gasteiger partial charge in [-0.25, -0.2) is 0 Å². The van der Waals surface area contributed by atoms with Crippen LogP contribution in [0.2, 0.25) is 0 Å². The molecule has 366 valence electrons. The third kappa shape index (κ3) is 9.21. The van der Waals surface area contributed by atoms with Crippen molar-refractivity contribution in [2.24, 2.45) is 28.1 Å². The van der Waals surface area contributed by atoms with Gasteiger partial charge in [0.15, 0.2) is 12.6 Å². The van der Waals surface area contributed by atoms with Crippen LogP contribution >= 0.6 is 0 Å². The number of allylic oxidation sites excluding steroid dienone is 1. The average molecular weight is 911 g/mol. The van der Waals surface area contributed by atoms with Crippen LogP contribution in [-0.4, -0.2) is 166 Å². The molecular formula is C47H78N2O15. The molecule has 20 atom stereocenters. The number of carbonyl (C=O) groups excluding carboxylic acids is 2. The Hall–Kier alpha value is -1.84. The van der Waals surface area contributed by atoms with Gasteiger partial charge in [-0.2, -0.15) is 0 Å². The fraction of sp³-hybridized carbons (Fsp3) is 0.915. The Balaban J connectivity index is 1.02. The lowest BCUT2D eigenvalue weighted by molar-refractivity contribution is -0.325. The maximum absolute atomic E-state index is 12.1. The van der Waals surface area contributed by atoms with E-state index in [-0.39, 0.29) is 41.0 Å². The first-order chi connectivity index (χ1) is 29.9. The molecule has 0 bridgehead atoms. The summed E-state index contributed by atoms with van der Waals surface area (Å²) in [5.41, 5.74) is -1.10. The van der Waals surface area contributed by atoms with Crippen molar-refractivity contribution in [3.8, 4) is 0 Å². The summed E-state index contributed by atoms with van der Waals surface area (Å²) in [6, 6.07) is -2.08. The van der Waals surface area contributed by atoms with Crippen molar-refractivity contribution in [1.82, 2.24) is 10.6 Å². The highest BCUT2D eigenvalue weighted by Gasteiger charge is 2.65. The molecule has 8 N–H and O–H groups in total. The number of aliphatic hydroxyl groups excluding tert-OH is 6. The van der Waals surface area contributed by atoms with Gasteiger partial charge in [-0.15, -0.1) is 0 Å². The summed E-state index contributed by atoms with van der Waals surface area (Å²) in [4.78, 5) is 24.2. The minimum absolute atomic E-state index is 0.0377. The van der Waals surface area contributed by atoms with Crippen LogP contribution in [0.3, 0.4) is 0 Å². The van der Waals surface area contributed by atoms with Gasteiger partial charge in [0.2, 0.25) is 11.8 Å². The summed E-state index contributed by atoms with van der Waals surface area (Å²) < 4.78 is 44.2. The van der Waals surface area contributed by atoms with E-state index in [2.05, 4.69) is 37.5 Å². The predicted octanol–water partition coefficient (Wildman–Crippen LogP) is 1.74. The second-order valence-electron chi connectivity index (χ2n) is 22.0. The normalized spacial score (nSPS) is 47.4. The SMILES string of the molecule is COC[C@@H]1O[C@H](OC(C)(C)[C@@H]2CC[C@]3(C)C=C([C@@H]4CC[C@@H]5[C@]4(C)C[C@H](O)[C@@H]4O[C@H](C(C)(C)O[C@@H]6O[C@H](CO)[C@H](O)[C@H](O)[C@@H]6NC(C)=O)CC[C@@]54C)CC[C@@H]3O2)[C@H](NC(C)=O)[C@@H](O)[C@H]1O. The van der Waals surface area contributed by atoms with Gasteiger partial charge in [0.05, 0.1) is 54.9 Å². The fourth-order valence-electron chi connectivity index (χ4n) is 13.4. The van der Waals surface area contributed by atoms with Crippen molar-refractivity contribution in [3.63, 3.8) is 0 Å². The number of fused-ring (bicyclic) bond motifs is 4. The van der Waals surface area contributed by atoms with Crippen LogP contribution < -0.4 is 10.6 Å². The first-order valence-corrected chi connectivity index (χ1v) is 23.6. The molecule has 4 heterocycles. The molecule has 0 unspecified atom stereocenters. The summed E-state index contributed by atoms with van der Waals surface area (Å²) >= 11 is 0. The van der Waals surface area contributed by atoms with Crippen molar-refractivity contribution in [3.05, 3.63) is 11.6 Å². The maximum Gasteiger partial charge on any atom is 0.217 e. The minimum Gasteiger partial charge on any atom is -0.394 e. The van der Waals surface area contributed by atoms with E-state index in [1.165, 1.54) is 26.5 Å². The Morgan fingerprint density at radius 2 is 1.28 bits per heavy atom. The maximum atomic E-state index is 12.1. The molecule has 4 saturated heterocycles. The van der Waals surface area contributed by atoms with Crippen LogP contribution in [0.15, 0.2) is 11.6 Å². The Labute approximate surface area is 378 Å². The highest BCUT2D eigenvalue weighted by molar-refractivity contribution is 5.73. The summed E-state index contributed by atoms with van der Waals surface area (Å²) in [5, 5.41) is 70.5. The number of carbonyl (C=O) groups is 2. The van der Waals surface area contributed by atoms with Gasteiger partial charge in [-0.05, 0) is 108 Å². The zero-order valence-corrected chi connectivity index (χ0v) is 39.5. The minimum atomic E-state index is -1.43. The smallest absolute Gasteiger partial charge is 0.217 e. The van der Waals surface area contributed by atoms with Crippen molar-refractivity contribution < 1.29 is 73.4 Å². The van der Waals surface area contributed by atoms with Gasteiger partial charge in [0, 0.05) is 26.4 Å². The van der Waals surface area contributed by atoms with Gasteiger partial charge in [-0.1, -0.05) is 32.4 Å². The molecule has 7 rings (SSSR count). The van der Waals surface area contributed by atoms with E-state index in [1.54, 1.807) is 0 Å². The van der Waals surface area contributed by atoms with Crippen LogP contribution in [0.1, 0.15) is 120 Å². The first kappa shape index (κ1) is 50.0. The van der Waals surface area contributed by atoms with Gasteiger partial charge in [0.25, 0.3) is 0 Å². The molecule has 7 aliphatic rings. The lowest BCUT2D eigenvalue weighted by atomic mass is 9.50. The monoisotopic (exact) mass is 911 g/mol. The molecule has 0 aromatic heterocycles. The number of methoxy groups -OCH3 is 1. The van der Waals surface area contributed by atoms with Crippen molar-refractivity contribution in [2.45, 2.75) is 223 Å². The topological polar surface area (TPSA) is 244 Å². The second kappa shape index (κ2) is 18.6. The molecule has 4 aliphatic heterocycles. The Morgan fingerprint density at radius 3 is 1.84 bits per heavy atom. The zero-order chi connectivity index (χ0) is 46.9. The Morgan fingerprint density at radius 1 is 0.734 bits per heavy atom. The molecule has 0 aromatic carbocycles. The highest BCUT2D eigenvalue weighted by atomic mass is 16.7. The van der Waals surface area contributed by atoms with Crippen LogP contribution in [0.5, 0.6) is 0 Å². The number of hydrogen-bond acceptors (Lipinski definition) is 15. The van der Waals surface area contributed by atoms with Crippen molar-refractivity contribution in [2.75, 3.05) is 20.3 Å². The number of ether oxygens (including phenoxy) is 7. The zero-order valence-electron chi connectivity index (χ0n) is 39.5.